The highest BCUT2D eigenvalue weighted by Crippen LogP contribution is 2.33. The maximum atomic E-state index is 12.6. The number of carbonyl (C=O) groups excluding carboxylic acids is 1. The van der Waals surface area contributed by atoms with Gasteiger partial charge in [-0.05, 0) is 25.8 Å². The molecule has 1 unspecified atom stereocenters. The number of ether oxygens (including phenoxy) is 1. The minimum atomic E-state index is -0.443. The van der Waals surface area contributed by atoms with Gasteiger partial charge in [0.05, 0.1) is 13.2 Å². The number of amides is 1. The fourth-order valence-electron chi connectivity index (χ4n) is 2.86. The zero-order chi connectivity index (χ0) is 15.0. The number of β-amino-alcohol motifs (C(OH)–C–C–N with tert-alkyl or cyclic N) is 1. The van der Waals surface area contributed by atoms with E-state index in [1.165, 1.54) is 0 Å². The molecule has 1 atom stereocenters. The Morgan fingerprint density at radius 3 is 3.00 bits per heavy atom. The molecule has 21 heavy (non-hydrogen) atoms. The second-order valence-corrected chi connectivity index (χ2v) is 5.44. The van der Waals surface area contributed by atoms with Crippen molar-refractivity contribution in [3.05, 3.63) is 29.5 Å². The highest BCUT2D eigenvalue weighted by Gasteiger charge is 2.28. The lowest BCUT2D eigenvalue weighted by Gasteiger charge is -2.29. The first-order valence-electron chi connectivity index (χ1n) is 7.15. The molecule has 5 heteroatoms. The predicted octanol–water partition coefficient (Wildman–Crippen LogP) is 2.35. The molecule has 1 aromatic heterocycles. The Hall–Kier alpha value is -2.01. The Bertz CT molecular complexity index is 676. The number of nitrogens with zero attached hydrogens (tertiary/aromatic N) is 1. The Balaban J connectivity index is 2.00. The molecule has 112 valence electrons. The smallest absolute Gasteiger partial charge is 0.289 e. The minimum absolute atomic E-state index is 0.162. The van der Waals surface area contributed by atoms with Crippen molar-refractivity contribution in [1.82, 2.24) is 4.90 Å². The largest absolute Gasteiger partial charge is 0.493 e. The number of para-hydroxylation sites is 1. The molecule has 1 N–H and O–H groups in total. The van der Waals surface area contributed by atoms with E-state index in [0.717, 1.165) is 23.8 Å². The highest BCUT2D eigenvalue weighted by atomic mass is 16.5. The number of aryl methyl sites for hydroxylation is 1. The maximum Gasteiger partial charge on any atom is 0.289 e. The predicted molar refractivity (Wildman–Crippen MR) is 78.6 cm³/mol. The Morgan fingerprint density at radius 1 is 1.48 bits per heavy atom. The summed E-state index contributed by atoms with van der Waals surface area (Å²) in [7, 11) is 1.58. The summed E-state index contributed by atoms with van der Waals surface area (Å²) in [4.78, 5) is 14.3. The SMILES string of the molecule is COc1cccc2c(C)c(C(=O)N3CCCC(O)C3)oc12. The zero-order valence-corrected chi connectivity index (χ0v) is 12.3. The summed E-state index contributed by atoms with van der Waals surface area (Å²) in [5.74, 6) is 0.793. The van der Waals surface area contributed by atoms with Crippen molar-refractivity contribution in [2.45, 2.75) is 25.9 Å². The number of furan rings is 1. The summed E-state index contributed by atoms with van der Waals surface area (Å²) in [5, 5.41) is 10.6. The summed E-state index contributed by atoms with van der Waals surface area (Å²) in [6.45, 7) is 2.90. The number of fused-ring (bicyclic) bond motifs is 1. The number of hydrogen-bond acceptors (Lipinski definition) is 4. The normalized spacial score (nSPS) is 19.0. The number of benzene rings is 1. The summed E-state index contributed by atoms with van der Waals surface area (Å²) in [6, 6.07) is 5.60. The van der Waals surface area contributed by atoms with Crippen molar-refractivity contribution in [3.63, 3.8) is 0 Å². The Kier molecular flexibility index (Phi) is 3.59. The van der Waals surface area contributed by atoms with E-state index in [2.05, 4.69) is 0 Å². The number of hydrogen-bond donors (Lipinski definition) is 1. The van der Waals surface area contributed by atoms with Crippen molar-refractivity contribution in [2.24, 2.45) is 0 Å². The van der Waals surface area contributed by atoms with Gasteiger partial charge in [-0.2, -0.15) is 0 Å². The van der Waals surface area contributed by atoms with E-state index in [0.29, 0.717) is 30.2 Å². The molecular formula is C16H19NO4. The van der Waals surface area contributed by atoms with E-state index in [4.69, 9.17) is 9.15 Å². The van der Waals surface area contributed by atoms with E-state index >= 15 is 0 Å². The number of likely N-dealkylation sites (tertiary alicyclic amines) is 1. The number of rotatable bonds is 2. The summed E-state index contributed by atoms with van der Waals surface area (Å²) in [6.07, 6.45) is 1.12. The van der Waals surface area contributed by atoms with Crippen LogP contribution in [0.1, 0.15) is 29.0 Å². The van der Waals surface area contributed by atoms with Crippen LogP contribution in [0.25, 0.3) is 11.0 Å². The number of piperidine rings is 1. The fourth-order valence-corrected chi connectivity index (χ4v) is 2.86. The first-order valence-corrected chi connectivity index (χ1v) is 7.15. The lowest BCUT2D eigenvalue weighted by Crippen LogP contribution is -2.42. The van der Waals surface area contributed by atoms with Gasteiger partial charge in [0.2, 0.25) is 0 Å². The molecule has 1 fully saturated rings. The average molecular weight is 289 g/mol. The fraction of sp³-hybridized carbons (Fsp3) is 0.438. The number of methoxy groups -OCH3 is 1. The van der Waals surface area contributed by atoms with Gasteiger partial charge >= 0.3 is 0 Å². The molecule has 3 rings (SSSR count). The first-order chi connectivity index (χ1) is 10.1. The quantitative estimate of drug-likeness (QED) is 0.921. The molecule has 0 aliphatic carbocycles. The van der Waals surface area contributed by atoms with E-state index < -0.39 is 6.10 Å². The van der Waals surface area contributed by atoms with Crippen molar-refractivity contribution >= 4 is 16.9 Å². The third kappa shape index (κ3) is 2.38. The van der Waals surface area contributed by atoms with Crippen LogP contribution in [0.4, 0.5) is 0 Å². The number of aliphatic hydroxyl groups excluding tert-OH is 1. The molecule has 0 radical (unpaired) electrons. The molecule has 5 nitrogen and oxygen atoms in total. The number of carbonyl (C=O) groups is 1. The first kappa shape index (κ1) is 13.9. The average Bonchev–Trinajstić information content (AvgIpc) is 2.84. The van der Waals surface area contributed by atoms with Crippen molar-refractivity contribution in [2.75, 3.05) is 20.2 Å². The van der Waals surface area contributed by atoms with Crippen LogP contribution in [0.3, 0.4) is 0 Å². The molecule has 2 heterocycles. The van der Waals surface area contributed by atoms with Crippen molar-refractivity contribution in [3.8, 4) is 5.75 Å². The lowest BCUT2D eigenvalue weighted by atomic mass is 10.1. The molecule has 1 amide bonds. The molecule has 2 aromatic rings. The van der Waals surface area contributed by atoms with Crippen LogP contribution in [0.15, 0.2) is 22.6 Å². The molecule has 1 aliphatic heterocycles. The summed E-state index contributed by atoms with van der Waals surface area (Å²) < 4.78 is 11.1. The van der Waals surface area contributed by atoms with E-state index in [1.54, 1.807) is 12.0 Å². The topological polar surface area (TPSA) is 62.9 Å². The Morgan fingerprint density at radius 2 is 2.29 bits per heavy atom. The van der Waals surface area contributed by atoms with Gasteiger partial charge in [0.15, 0.2) is 17.1 Å². The molecule has 0 saturated carbocycles. The van der Waals surface area contributed by atoms with Crippen LogP contribution in [0.2, 0.25) is 0 Å². The van der Waals surface area contributed by atoms with Crippen LogP contribution >= 0.6 is 0 Å². The van der Waals surface area contributed by atoms with Gasteiger partial charge in [0.25, 0.3) is 5.91 Å². The minimum Gasteiger partial charge on any atom is -0.493 e. The van der Waals surface area contributed by atoms with Crippen molar-refractivity contribution < 1.29 is 19.1 Å². The molecular weight excluding hydrogens is 270 g/mol. The van der Waals surface area contributed by atoms with E-state index in [-0.39, 0.29) is 5.91 Å². The standard InChI is InChI=1S/C16H19NO4/c1-10-12-6-3-7-13(20-2)15(12)21-14(10)16(19)17-8-4-5-11(18)9-17/h3,6-7,11,18H,4-5,8-9H2,1-2H3. The second kappa shape index (κ2) is 5.41. The molecule has 1 aromatic carbocycles. The van der Waals surface area contributed by atoms with Gasteiger partial charge in [-0.25, -0.2) is 0 Å². The van der Waals surface area contributed by atoms with Gasteiger partial charge in [-0.1, -0.05) is 12.1 Å². The molecule has 0 bridgehead atoms. The van der Waals surface area contributed by atoms with Crippen LogP contribution in [-0.2, 0) is 0 Å². The van der Waals surface area contributed by atoms with Crippen LogP contribution in [0.5, 0.6) is 5.75 Å². The van der Waals surface area contributed by atoms with Gasteiger partial charge in [0, 0.05) is 24.0 Å². The number of aliphatic hydroxyl groups is 1. The van der Waals surface area contributed by atoms with Crippen molar-refractivity contribution in [1.29, 1.82) is 0 Å². The summed E-state index contributed by atoms with van der Waals surface area (Å²) >= 11 is 0. The third-order valence-corrected chi connectivity index (χ3v) is 4.03. The second-order valence-electron chi connectivity index (χ2n) is 5.44. The van der Waals surface area contributed by atoms with Gasteiger partial charge < -0.3 is 19.2 Å². The van der Waals surface area contributed by atoms with Crippen LogP contribution in [0, 0.1) is 6.92 Å². The maximum absolute atomic E-state index is 12.6. The van der Waals surface area contributed by atoms with Crippen LogP contribution in [-0.4, -0.2) is 42.2 Å². The lowest BCUT2D eigenvalue weighted by molar-refractivity contribution is 0.0449. The third-order valence-electron chi connectivity index (χ3n) is 4.03. The Labute approximate surface area is 123 Å². The van der Waals surface area contributed by atoms with Gasteiger partial charge in [0.1, 0.15) is 0 Å². The van der Waals surface area contributed by atoms with E-state index in [1.807, 2.05) is 25.1 Å². The van der Waals surface area contributed by atoms with Crippen LogP contribution < -0.4 is 4.74 Å². The monoisotopic (exact) mass is 289 g/mol. The van der Waals surface area contributed by atoms with E-state index in [9.17, 15) is 9.90 Å². The highest BCUT2D eigenvalue weighted by molar-refractivity contribution is 6.00. The molecule has 1 saturated heterocycles. The molecule has 1 aliphatic rings. The molecule has 0 spiro atoms. The zero-order valence-electron chi connectivity index (χ0n) is 12.3. The van der Waals surface area contributed by atoms with Gasteiger partial charge in [-0.15, -0.1) is 0 Å². The summed E-state index contributed by atoms with van der Waals surface area (Å²) in [5.41, 5.74) is 1.41. The van der Waals surface area contributed by atoms with Gasteiger partial charge in [-0.3, -0.25) is 4.79 Å².